The van der Waals surface area contributed by atoms with Gasteiger partial charge in [-0.3, -0.25) is 9.69 Å². The first-order chi connectivity index (χ1) is 14.3. The quantitative estimate of drug-likeness (QED) is 0.672. The molecular weight excluding hydrogens is 364 g/mol. The Morgan fingerprint density at radius 1 is 0.966 bits per heavy atom. The number of amides is 1. The van der Waals surface area contributed by atoms with Crippen LogP contribution in [0.3, 0.4) is 0 Å². The molecule has 1 amide bonds. The fourth-order valence-electron chi connectivity index (χ4n) is 3.60. The molecule has 5 nitrogen and oxygen atoms in total. The van der Waals surface area contributed by atoms with Gasteiger partial charge in [0.1, 0.15) is 5.75 Å². The van der Waals surface area contributed by atoms with Gasteiger partial charge in [0, 0.05) is 19.6 Å². The highest BCUT2D eigenvalue weighted by Crippen LogP contribution is 2.21. The molecule has 1 fully saturated rings. The third-order valence-corrected chi connectivity index (χ3v) is 5.17. The third-order valence-electron chi connectivity index (χ3n) is 5.17. The minimum atomic E-state index is -0.125. The molecule has 5 heteroatoms. The Bertz CT molecular complexity index is 939. The number of carbonyl (C=O) groups excluding carboxylic acids is 1. The summed E-state index contributed by atoms with van der Waals surface area (Å²) in [5, 5.41) is 5.39. The summed E-state index contributed by atoms with van der Waals surface area (Å²) in [6.07, 6.45) is 0. The van der Waals surface area contributed by atoms with E-state index in [0.29, 0.717) is 5.75 Å². The largest absolute Gasteiger partial charge is 0.484 e. The molecule has 0 radical (unpaired) electrons. The van der Waals surface area contributed by atoms with Crippen LogP contribution in [0.5, 0.6) is 5.75 Å². The van der Waals surface area contributed by atoms with Gasteiger partial charge in [-0.2, -0.15) is 0 Å². The van der Waals surface area contributed by atoms with Gasteiger partial charge in [-0.25, -0.2) is 0 Å². The fraction of sp³-hybridized carbons (Fsp3) is 0.292. The second-order valence-electron chi connectivity index (χ2n) is 7.24. The van der Waals surface area contributed by atoms with Gasteiger partial charge >= 0.3 is 0 Å². The number of nitrogens with one attached hydrogen (secondary N) is 1. The lowest BCUT2D eigenvalue weighted by molar-refractivity contribution is -0.124. The number of fused-ring (bicyclic) bond motifs is 1. The second kappa shape index (κ2) is 9.54. The first-order valence-corrected chi connectivity index (χ1v) is 10.0. The first-order valence-electron chi connectivity index (χ1n) is 10.0. The number of benzene rings is 3. The predicted octanol–water partition coefficient (Wildman–Crippen LogP) is 3.41. The van der Waals surface area contributed by atoms with E-state index in [1.165, 1.54) is 0 Å². The van der Waals surface area contributed by atoms with Crippen LogP contribution < -0.4 is 10.1 Å². The minimum absolute atomic E-state index is 0.00914. The molecule has 29 heavy (non-hydrogen) atoms. The van der Waals surface area contributed by atoms with Crippen LogP contribution in [0.2, 0.25) is 0 Å². The van der Waals surface area contributed by atoms with Gasteiger partial charge in [-0.1, -0.05) is 60.7 Å². The van der Waals surface area contributed by atoms with E-state index < -0.39 is 0 Å². The van der Waals surface area contributed by atoms with E-state index in [2.05, 4.69) is 28.4 Å². The smallest absolute Gasteiger partial charge is 0.258 e. The van der Waals surface area contributed by atoms with Crippen LogP contribution in [0.15, 0.2) is 72.8 Å². The predicted molar refractivity (Wildman–Crippen MR) is 114 cm³/mol. The Hall–Kier alpha value is -2.89. The molecule has 1 aliphatic heterocycles. The Balaban J connectivity index is 1.38. The highest BCUT2D eigenvalue weighted by molar-refractivity contribution is 5.84. The maximum Gasteiger partial charge on any atom is 0.258 e. The zero-order chi connectivity index (χ0) is 19.9. The molecule has 0 aromatic heterocycles. The van der Waals surface area contributed by atoms with Crippen molar-refractivity contribution in [1.82, 2.24) is 10.2 Å². The lowest BCUT2D eigenvalue weighted by Crippen LogP contribution is -2.44. The maximum atomic E-state index is 12.6. The van der Waals surface area contributed by atoms with Crippen molar-refractivity contribution in [3.8, 4) is 5.75 Å². The van der Waals surface area contributed by atoms with Gasteiger partial charge in [0.15, 0.2) is 6.61 Å². The Morgan fingerprint density at radius 3 is 2.48 bits per heavy atom. The minimum Gasteiger partial charge on any atom is -0.484 e. The number of hydrogen-bond acceptors (Lipinski definition) is 4. The zero-order valence-corrected chi connectivity index (χ0v) is 16.4. The monoisotopic (exact) mass is 390 g/mol. The number of nitrogens with zero attached hydrogens (tertiary/aromatic N) is 1. The van der Waals surface area contributed by atoms with Crippen LogP contribution in [0.1, 0.15) is 11.6 Å². The average Bonchev–Trinajstić information content (AvgIpc) is 2.78. The molecular formula is C24H26N2O3. The molecule has 1 unspecified atom stereocenters. The van der Waals surface area contributed by atoms with E-state index in [1.807, 2.05) is 54.6 Å². The van der Waals surface area contributed by atoms with Gasteiger partial charge in [0.05, 0.1) is 19.3 Å². The number of ether oxygens (including phenoxy) is 2. The molecule has 1 N–H and O–H groups in total. The number of morpholine rings is 1. The summed E-state index contributed by atoms with van der Waals surface area (Å²) in [7, 11) is 0. The Labute approximate surface area is 171 Å². The van der Waals surface area contributed by atoms with E-state index >= 15 is 0 Å². The highest BCUT2D eigenvalue weighted by atomic mass is 16.5. The Morgan fingerprint density at radius 2 is 1.69 bits per heavy atom. The van der Waals surface area contributed by atoms with Crippen LogP contribution in [-0.4, -0.2) is 50.3 Å². The van der Waals surface area contributed by atoms with E-state index in [0.717, 1.165) is 49.2 Å². The van der Waals surface area contributed by atoms with Crippen molar-refractivity contribution in [1.29, 1.82) is 0 Å². The summed E-state index contributed by atoms with van der Waals surface area (Å²) in [5.74, 6) is 0.573. The maximum absolute atomic E-state index is 12.6. The third kappa shape index (κ3) is 5.34. The van der Waals surface area contributed by atoms with E-state index in [1.54, 1.807) is 0 Å². The summed E-state index contributed by atoms with van der Waals surface area (Å²) in [6.45, 7) is 3.99. The number of rotatable bonds is 7. The summed E-state index contributed by atoms with van der Waals surface area (Å²) in [6, 6.07) is 24.0. The van der Waals surface area contributed by atoms with Crippen molar-refractivity contribution in [3.63, 3.8) is 0 Å². The van der Waals surface area contributed by atoms with E-state index in [4.69, 9.17) is 9.47 Å². The summed E-state index contributed by atoms with van der Waals surface area (Å²) >= 11 is 0. The van der Waals surface area contributed by atoms with E-state index in [9.17, 15) is 4.79 Å². The highest BCUT2D eigenvalue weighted by Gasteiger charge is 2.20. The molecule has 3 aromatic rings. The molecule has 0 aliphatic carbocycles. The lowest BCUT2D eigenvalue weighted by atomic mass is 10.1. The van der Waals surface area contributed by atoms with Crippen LogP contribution in [0, 0.1) is 0 Å². The van der Waals surface area contributed by atoms with Gasteiger partial charge in [-0.15, -0.1) is 0 Å². The van der Waals surface area contributed by atoms with Crippen LogP contribution in [0.4, 0.5) is 0 Å². The molecule has 0 saturated carbocycles. The van der Waals surface area contributed by atoms with Gasteiger partial charge < -0.3 is 14.8 Å². The van der Waals surface area contributed by atoms with Crippen molar-refractivity contribution in [2.24, 2.45) is 0 Å². The molecule has 4 rings (SSSR count). The van der Waals surface area contributed by atoms with Crippen molar-refractivity contribution in [2.45, 2.75) is 6.04 Å². The Kier molecular flexibility index (Phi) is 6.39. The van der Waals surface area contributed by atoms with Gasteiger partial charge in [-0.05, 0) is 28.5 Å². The average molecular weight is 390 g/mol. The molecule has 1 aliphatic rings. The lowest BCUT2D eigenvalue weighted by Gasteiger charge is -2.31. The van der Waals surface area contributed by atoms with Crippen molar-refractivity contribution >= 4 is 16.7 Å². The van der Waals surface area contributed by atoms with Crippen molar-refractivity contribution < 1.29 is 14.3 Å². The SMILES string of the molecule is O=C(COc1ccc2ccccc2c1)NC(CN1CCOCC1)c1ccccc1. The van der Waals surface area contributed by atoms with E-state index in [-0.39, 0.29) is 18.6 Å². The standard InChI is InChI=1S/C24H26N2O3/c27-24(18-29-22-11-10-19-6-4-5-9-21(19)16-22)25-23(20-7-2-1-3-8-20)17-26-12-14-28-15-13-26/h1-11,16,23H,12-15,17-18H2,(H,25,27). The molecule has 1 atom stereocenters. The molecule has 150 valence electrons. The number of carbonyl (C=O) groups is 1. The number of hydrogen-bond donors (Lipinski definition) is 1. The summed E-state index contributed by atoms with van der Waals surface area (Å²) in [5.41, 5.74) is 1.10. The molecule has 0 bridgehead atoms. The molecule has 1 saturated heterocycles. The van der Waals surface area contributed by atoms with Gasteiger partial charge in [0.25, 0.3) is 5.91 Å². The van der Waals surface area contributed by atoms with Crippen molar-refractivity contribution in [3.05, 3.63) is 78.4 Å². The van der Waals surface area contributed by atoms with Gasteiger partial charge in [0.2, 0.25) is 0 Å². The van der Waals surface area contributed by atoms with Crippen LogP contribution >= 0.6 is 0 Å². The summed E-state index contributed by atoms with van der Waals surface area (Å²) in [4.78, 5) is 15.0. The normalized spacial score (nSPS) is 15.7. The van der Waals surface area contributed by atoms with Crippen molar-refractivity contribution in [2.75, 3.05) is 39.5 Å². The molecule has 1 heterocycles. The topological polar surface area (TPSA) is 50.8 Å². The zero-order valence-electron chi connectivity index (χ0n) is 16.4. The fourth-order valence-corrected chi connectivity index (χ4v) is 3.60. The second-order valence-corrected chi connectivity index (χ2v) is 7.24. The summed E-state index contributed by atoms with van der Waals surface area (Å²) < 4.78 is 11.2. The molecule has 3 aromatic carbocycles. The first kappa shape index (κ1) is 19.4. The van der Waals surface area contributed by atoms with Crippen LogP contribution in [0.25, 0.3) is 10.8 Å². The molecule has 0 spiro atoms. The van der Waals surface area contributed by atoms with Crippen LogP contribution in [-0.2, 0) is 9.53 Å².